The molecule has 2 aliphatic heterocycles. The van der Waals surface area contributed by atoms with Crippen LogP contribution in [-0.4, -0.2) is 39.7 Å². The summed E-state index contributed by atoms with van der Waals surface area (Å²) in [5, 5.41) is 0.799. The molecule has 0 radical (unpaired) electrons. The molecule has 0 saturated carbocycles. The molecule has 0 N–H and O–H groups in total. The molecule has 3 aromatic rings. The van der Waals surface area contributed by atoms with Crippen molar-refractivity contribution in [3.8, 4) is 9.75 Å². The molecule has 3 aromatic heterocycles. The van der Waals surface area contributed by atoms with Gasteiger partial charge in [-0.3, -0.25) is 9.59 Å². The summed E-state index contributed by atoms with van der Waals surface area (Å²) in [5.74, 6) is 0.774. The van der Waals surface area contributed by atoms with Gasteiger partial charge in [-0.25, -0.2) is 4.98 Å². The van der Waals surface area contributed by atoms with Gasteiger partial charge in [-0.15, -0.1) is 34.0 Å². The van der Waals surface area contributed by atoms with E-state index in [2.05, 4.69) is 103 Å². The van der Waals surface area contributed by atoms with Crippen molar-refractivity contribution in [1.82, 2.24) is 14.8 Å². The minimum Gasteiger partial charge on any atom is -0.306 e. The van der Waals surface area contributed by atoms with Crippen molar-refractivity contribution in [2.75, 3.05) is 13.1 Å². The van der Waals surface area contributed by atoms with Gasteiger partial charge in [0, 0.05) is 33.9 Å². The first kappa shape index (κ1) is 53.4. The van der Waals surface area contributed by atoms with E-state index in [-0.39, 0.29) is 22.6 Å². The average molecular weight is 945 g/mol. The van der Waals surface area contributed by atoms with Crippen LogP contribution in [0.2, 0.25) is 0 Å². The van der Waals surface area contributed by atoms with Crippen molar-refractivity contribution < 1.29 is 9.59 Å². The molecule has 0 aromatic carbocycles. The third-order valence-electron chi connectivity index (χ3n) is 13.8. The second-order valence-electron chi connectivity index (χ2n) is 21.7. The topological polar surface area (TPSA) is 53.5 Å². The zero-order chi connectivity index (χ0) is 47.0. The fraction of sp³-hybridized carbons (Fsp3) is 0.702. The maximum absolute atomic E-state index is 15.7. The number of thiazole rings is 1. The Hall–Kier alpha value is -2.55. The minimum absolute atomic E-state index is 0.00590. The highest BCUT2D eigenvalue weighted by molar-refractivity contribution is 7.22. The average Bonchev–Trinajstić information content (AvgIpc) is 4.12. The number of carbonyl (C=O) groups is 2. The predicted octanol–water partition coefficient (Wildman–Crippen LogP) is 18.0. The molecule has 5 nitrogen and oxygen atoms in total. The summed E-state index contributed by atoms with van der Waals surface area (Å²) >= 11 is 5.26. The van der Waals surface area contributed by atoms with Gasteiger partial charge in [-0.2, -0.15) is 0 Å². The van der Waals surface area contributed by atoms with Crippen LogP contribution in [0.15, 0.2) is 41.6 Å². The highest BCUT2D eigenvalue weighted by Crippen LogP contribution is 2.51. The number of aromatic nitrogens is 1. The van der Waals surface area contributed by atoms with Crippen LogP contribution in [0.5, 0.6) is 0 Å². The highest BCUT2D eigenvalue weighted by atomic mass is 32.1. The lowest BCUT2D eigenvalue weighted by molar-refractivity contribution is -0.124. The van der Waals surface area contributed by atoms with Crippen LogP contribution in [-0.2, 0) is 20.4 Å². The zero-order valence-corrected chi connectivity index (χ0v) is 45.3. The quantitative estimate of drug-likeness (QED) is 0.0604. The Morgan fingerprint density at radius 2 is 0.831 bits per heavy atom. The third-order valence-corrected chi connectivity index (χ3v) is 18.0. The van der Waals surface area contributed by atoms with Crippen molar-refractivity contribution in [1.29, 1.82) is 0 Å². The van der Waals surface area contributed by atoms with Crippen LogP contribution < -0.4 is 0 Å². The molecule has 2 aliphatic rings. The molecule has 2 amide bonds. The van der Waals surface area contributed by atoms with E-state index in [0.717, 1.165) is 51.8 Å². The third kappa shape index (κ3) is 15.0. The van der Waals surface area contributed by atoms with Gasteiger partial charge in [0.1, 0.15) is 5.01 Å². The molecule has 2 unspecified atom stereocenters. The molecular weight excluding hydrogens is 855 g/mol. The fourth-order valence-corrected chi connectivity index (χ4v) is 13.0. The number of nitrogens with zero attached hydrogens (tertiary/aromatic N) is 3. The second kappa shape index (κ2) is 26.3. The SMILES string of the molecule is CCCCCCCCC(CCCCCC)CN1C(=O)C2=C(c3ncc(-c4ccc(C(C)(C)C)s4)s3)N(CC(CCCCCC)CCCCCCCC)C(=O)C2=C1c1ccc(C(C)(C)C)s1. The summed E-state index contributed by atoms with van der Waals surface area (Å²) in [6, 6.07) is 8.92. The van der Waals surface area contributed by atoms with Crippen molar-refractivity contribution in [3.63, 3.8) is 0 Å². The van der Waals surface area contributed by atoms with Gasteiger partial charge in [0.05, 0.1) is 32.3 Å². The molecule has 0 bridgehead atoms. The Morgan fingerprint density at radius 3 is 1.26 bits per heavy atom. The van der Waals surface area contributed by atoms with Gasteiger partial charge in [-0.05, 0) is 72.6 Å². The van der Waals surface area contributed by atoms with Gasteiger partial charge in [0.2, 0.25) is 0 Å². The monoisotopic (exact) mass is 944 g/mol. The van der Waals surface area contributed by atoms with Crippen molar-refractivity contribution >= 4 is 57.2 Å². The lowest BCUT2D eigenvalue weighted by Crippen LogP contribution is -2.34. The van der Waals surface area contributed by atoms with E-state index < -0.39 is 0 Å². The van der Waals surface area contributed by atoms with Gasteiger partial charge in [-0.1, -0.05) is 198 Å². The summed E-state index contributed by atoms with van der Waals surface area (Å²) in [7, 11) is 0. The molecule has 0 aliphatic carbocycles. The Balaban J connectivity index is 1.61. The largest absolute Gasteiger partial charge is 0.306 e. The summed E-state index contributed by atoms with van der Waals surface area (Å²) in [6.07, 6.45) is 31.4. The van der Waals surface area contributed by atoms with E-state index in [0.29, 0.717) is 36.1 Å². The standard InChI is InChI=1S/C57H89N3O2S3/c1-11-15-19-23-25-29-33-42(31-27-21-17-13-3)40-59-51(45-36-38-48(64-45)57(8,9)10)49-50(55(59)62)52(53-58-39-46(65-53)44-35-37-47(63-44)56(5,6)7)60(54(49)61)41-43(32-28-22-18-14-4)34-30-26-24-20-16-12-2/h35-39,42-43H,11-34,40-41H2,1-10H3. The Kier molecular flexibility index (Phi) is 21.6. The van der Waals surface area contributed by atoms with Gasteiger partial charge in [0.15, 0.2) is 0 Å². The Labute approximate surface area is 409 Å². The van der Waals surface area contributed by atoms with Gasteiger partial charge in [0.25, 0.3) is 11.8 Å². The van der Waals surface area contributed by atoms with E-state index in [9.17, 15) is 0 Å². The van der Waals surface area contributed by atoms with Gasteiger partial charge >= 0.3 is 0 Å². The van der Waals surface area contributed by atoms with Gasteiger partial charge < -0.3 is 9.80 Å². The molecule has 362 valence electrons. The molecule has 0 saturated heterocycles. The summed E-state index contributed by atoms with van der Waals surface area (Å²) in [4.78, 5) is 46.6. The molecule has 0 spiro atoms. The van der Waals surface area contributed by atoms with Crippen LogP contribution in [0.25, 0.3) is 21.1 Å². The van der Waals surface area contributed by atoms with Crippen LogP contribution in [0.1, 0.15) is 243 Å². The number of carbonyl (C=O) groups excluding carboxylic acids is 2. The number of unbranched alkanes of at least 4 members (excludes halogenated alkanes) is 16. The van der Waals surface area contributed by atoms with Crippen molar-refractivity contribution in [2.24, 2.45) is 11.8 Å². The summed E-state index contributed by atoms with van der Waals surface area (Å²) < 4.78 is 0. The van der Waals surface area contributed by atoms with Crippen molar-refractivity contribution in [3.05, 3.63) is 61.2 Å². The number of amides is 2. The molecule has 5 rings (SSSR count). The number of thiophene rings is 2. The number of hydrogen-bond acceptors (Lipinski definition) is 6. The Morgan fingerprint density at radius 1 is 0.462 bits per heavy atom. The number of hydrogen-bond donors (Lipinski definition) is 0. The second-order valence-corrected chi connectivity index (χ2v) is 24.9. The first-order valence-corrected chi connectivity index (χ1v) is 29.0. The lowest BCUT2D eigenvalue weighted by atomic mass is 9.93. The van der Waals surface area contributed by atoms with Crippen LogP contribution in [0.3, 0.4) is 0 Å². The Bertz CT molecular complexity index is 1980. The first-order chi connectivity index (χ1) is 31.2. The minimum atomic E-state index is -0.0375. The molecule has 0 fully saturated rings. The normalized spacial score (nSPS) is 15.7. The lowest BCUT2D eigenvalue weighted by Gasteiger charge is -2.29. The van der Waals surface area contributed by atoms with E-state index in [1.54, 1.807) is 22.7 Å². The molecular formula is C57H89N3O2S3. The van der Waals surface area contributed by atoms with Crippen LogP contribution in [0.4, 0.5) is 0 Å². The molecule has 2 atom stereocenters. The smallest absolute Gasteiger partial charge is 0.261 e. The summed E-state index contributed by atoms with van der Waals surface area (Å²) in [5.41, 5.74) is 2.88. The van der Waals surface area contributed by atoms with E-state index in [4.69, 9.17) is 4.98 Å². The predicted molar refractivity (Wildman–Crippen MR) is 285 cm³/mol. The maximum Gasteiger partial charge on any atom is 0.261 e. The first-order valence-electron chi connectivity index (χ1n) is 26.5. The highest BCUT2D eigenvalue weighted by Gasteiger charge is 2.50. The van der Waals surface area contributed by atoms with E-state index in [1.807, 2.05) is 17.5 Å². The molecule has 5 heterocycles. The summed E-state index contributed by atoms with van der Waals surface area (Å²) in [6.45, 7) is 24.0. The maximum atomic E-state index is 15.7. The molecule has 8 heteroatoms. The van der Waals surface area contributed by atoms with E-state index in [1.165, 1.54) is 143 Å². The van der Waals surface area contributed by atoms with Crippen LogP contribution >= 0.6 is 34.0 Å². The fourth-order valence-electron chi connectivity index (χ4n) is 9.78. The number of rotatable bonds is 31. The van der Waals surface area contributed by atoms with E-state index >= 15 is 9.59 Å². The zero-order valence-electron chi connectivity index (χ0n) is 42.8. The van der Waals surface area contributed by atoms with Crippen molar-refractivity contribution in [2.45, 2.75) is 234 Å². The van der Waals surface area contributed by atoms with Crippen LogP contribution in [0, 0.1) is 11.8 Å². The number of fused-ring (bicyclic) bond motifs is 1. The molecule has 65 heavy (non-hydrogen) atoms.